The third-order valence-corrected chi connectivity index (χ3v) is 5.50. The molecule has 0 unspecified atom stereocenters. The molecule has 31 heavy (non-hydrogen) atoms. The molecule has 2 N–H and O–H groups in total. The SMILES string of the molecule is CC1(C)CC(/C(=C/COc2ccc(CCNC(=O)/C=C/S(C)(=O)=O)cc2)CO)=CC1=O. The van der Waals surface area contributed by atoms with Gasteiger partial charge in [0.2, 0.25) is 5.91 Å². The van der Waals surface area contributed by atoms with Gasteiger partial charge in [0.1, 0.15) is 12.4 Å². The molecule has 0 bridgehead atoms. The van der Waals surface area contributed by atoms with Crippen LogP contribution >= 0.6 is 0 Å². The minimum atomic E-state index is -3.32. The van der Waals surface area contributed by atoms with E-state index in [2.05, 4.69) is 5.32 Å². The largest absolute Gasteiger partial charge is 0.490 e. The Hall–Kier alpha value is -2.71. The van der Waals surface area contributed by atoms with E-state index < -0.39 is 21.2 Å². The van der Waals surface area contributed by atoms with Crippen molar-refractivity contribution in [3.63, 3.8) is 0 Å². The number of amides is 1. The standard InChI is InChI=1S/C23H29NO6S/c1-23(2)15-19(14-21(23)26)18(16-25)9-12-30-20-6-4-17(5-7-20)8-11-24-22(27)10-13-31(3,28)29/h4-7,9-10,13-14,25H,8,11-12,15-16H2,1-3H3,(H,24,27)/b13-10+,18-9+. The van der Waals surface area contributed by atoms with E-state index >= 15 is 0 Å². The summed E-state index contributed by atoms with van der Waals surface area (Å²) >= 11 is 0. The molecule has 0 aliphatic heterocycles. The second-order valence-corrected chi connectivity index (χ2v) is 10.0. The number of nitrogens with one attached hydrogen (secondary N) is 1. The number of rotatable bonds is 10. The molecule has 1 amide bonds. The molecule has 0 saturated heterocycles. The molecular formula is C23H29NO6S. The summed E-state index contributed by atoms with van der Waals surface area (Å²) in [6, 6.07) is 7.39. The van der Waals surface area contributed by atoms with Gasteiger partial charge in [-0.25, -0.2) is 8.42 Å². The number of ether oxygens (including phenoxy) is 1. The van der Waals surface area contributed by atoms with Crippen LogP contribution in [0.3, 0.4) is 0 Å². The molecule has 0 aromatic heterocycles. The molecule has 0 spiro atoms. The Kier molecular flexibility index (Phi) is 8.36. The van der Waals surface area contributed by atoms with Crippen molar-refractivity contribution in [3.8, 4) is 5.75 Å². The van der Waals surface area contributed by atoms with Gasteiger partial charge in [-0.15, -0.1) is 0 Å². The second-order valence-electron chi connectivity index (χ2n) is 8.11. The number of sulfone groups is 1. The van der Waals surface area contributed by atoms with Crippen molar-refractivity contribution >= 4 is 21.5 Å². The predicted octanol–water partition coefficient (Wildman–Crippen LogP) is 2.13. The van der Waals surface area contributed by atoms with Gasteiger partial charge in [0.05, 0.1) is 6.61 Å². The maximum absolute atomic E-state index is 12.0. The highest BCUT2D eigenvalue weighted by molar-refractivity contribution is 7.93. The lowest BCUT2D eigenvalue weighted by molar-refractivity contribution is -0.121. The van der Waals surface area contributed by atoms with E-state index in [1.54, 1.807) is 12.2 Å². The number of carbonyl (C=O) groups is 2. The van der Waals surface area contributed by atoms with Crippen LogP contribution in [0.1, 0.15) is 25.8 Å². The lowest BCUT2D eigenvalue weighted by atomic mass is 9.87. The molecule has 1 aromatic carbocycles. The van der Waals surface area contributed by atoms with Crippen LogP contribution in [-0.4, -0.2) is 51.2 Å². The third kappa shape index (κ3) is 8.15. The van der Waals surface area contributed by atoms with Crippen LogP contribution in [0.25, 0.3) is 0 Å². The summed E-state index contributed by atoms with van der Waals surface area (Å²) in [6.07, 6.45) is 6.60. The molecule has 0 radical (unpaired) electrons. The number of hydrogen-bond donors (Lipinski definition) is 2. The molecule has 0 heterocycles. The third-order valence-electron chi connectivity index (χ3n) is 4.87. The Balaban J connectivity index is 1.81. The van der Waals surface area contributed by atoms with Crippen LogP contribution in [0.4, 0.5) is 0 Å². The van der Waals surface area contributed by atoms with Gasteiger partial charge < -0.3 is 15.2 Å². The van der Waals surface area contributed by atoms with Gasteiger partial charge in [0, 0.05) is 29.7 Å². The minimum Gasteiger partial charge on any atom is -0.490 e. The van der Waals surface area contributed by atoms with Crippen molar-refractivity contribution in [1.82, 2.24) is 5.32 Å². The van der Waals surface area contributed by atoms with Crippen LogP contribution in [0.15, 0.2) is 59.0 Å². The van der Waals surface area contributed by atoms with Crippen molar-refractivity contribution in [2.45, 2.75) is 26.7 Å². The molecule has 1 aromatic rings. The number of hydrogen-bond acceptors (Lipinski definition) is 6. The Morgan fingerprint density at radius 2 is 1.94 bits per heavy atom. The fourth-order valence-electron chi connectivity index (χ4n) is 3.04. The smallest absolute Gasteiger partial charge is 0.244 e. The summed E-state index contributed by atoms with van der Waals surface area (Å²) in [5.41, 5.74) is 2.12. The quantitative estimate of drug-likeness (QED) is 0.532. The minimum absolute atomic E-state index is 0.0703. The fourth-order valence-corrected chi connectivity index (χ4v) is 3.41. The molecule has 168 valence electrons. The van der Waals surface area contributed by atoms with E-state index in [-0.39, 0.29) is 19.0 Å². The summed E-state index contributed by atoms with van der Waals surface area (Å²) in [5.74, 6) is 0.273. The van der Waals surface area contributed by atoms with Gasteiger partial charge >= 0.3 is 0 Å². The molecule has 0 atom stereocenters. The Morgan fingerprint density at radius 3 is 2.48 bits per heavy atom. The molecule has 1 aliphatic rings. The molecule has 2 rings (SSSR count). The highest BCUT2D eigenvalue weighted by atomic mass is 32.2. The molecule has 1 aliphatic carbocycles. The van der Waals surface area contributed by atoms with Crippen LogP contribution in [0.5, 0.6) is 5.75 Å². The lowest BCUT2D eigenvalue weighted by Crippen LogP contribution is -2.23. The molecule has 8 heteroatoms. The topological polar surface area (TPSA) is 110 Å². The first-order valence-electron chi connectivity index (χ1n) is 9.93. The van der Waals surface area contributed by atoms with Crippen LogP contribution < -0.4 is 10.1 Å². The first-order valence-corrected chi connectivity index (χ1v) is 11.9. The normalized spacial score (nSPS) is 16.5. The summed E-state index contributed by atoms with van der Waals surface area (Å²) in [4.78, 5) is 23.5. The number of aliphatic hydroxyl groups is 1. The number of carbonyl (C=O) groups excluding carboxylic acids is 2. The number of aliphatic hydroxyl groups excluding tert-OH is 1. The number of benzene rings is 1. The molecular weight excluding hydrogens is 418 g/mol. The lowest BCUT2D eigenvalue weighted by Gasteiger charge is -2.16. The van der Waals surface area contributed by atoms with Crippen molar-refractivity contribution in [1.29, 1.82) is 0 Å². The molecule has 0 fully saturated rings. The molecule has 0 saturated carbocycles. The van der Waals surface area contributed by atoms with Gasteiger partial charge in [-0.05, 0) is 53.8 Å². The summed E-state index contributed by atoms with van der Waals surface area (Å²) in [6.45, 7) is 4.28. The van der Waals surface area contributed by atoms with E-state index in [0.29, 0.717) is 30.7 Å². The zero-order chi connectivity index (χ0) is 23.1. The Bertz CT molecular complexity index is 1000. The van der Waals surface area contributed by atoms with Crippen molar-refractivity contribution in [2.75, 3.05) is 26.0 Å². The predicted molar refractivity (Wildman–Crippen MR) is 119 cm³/mol. The zero-order valence-corrected chi connectivity index (χ0v) is 18.9. The highest BCUT2D eigenvalue weighted by Gasteiger charge is 2.33. The maximum atomic E-state index is 12.0. The van der Waals surface area contributed by atoms with Crippen LogP contribution in [0.2, 0.25) is 0 Å². The summed E-state index contributed by atoms with van der Waals surface area (Å²) < 4.78 is 27.7. The fraction of sp³-hybridized carbons (Fsp3) is 0.391. The van der Waals surface area contributed by atoms with Crippen molar-refractivity contribution < 1.29 is 27.9 Å². The van der Waals surface area contributed by atoms with E-state index in [1.165, 1.54) is 0 Å². The Labute approximate surface area is 183 Å². The average molecular weight is 448 g/mol. The summed E-state index contributed by atoms with van der Waals surface area (Å²) in [7, 11) is -3.32. The maximum Gasteiger partial charge on any atom is 0.244 e. The second kappa shape index (κ2) is 10.5. The molecule has 7 nitrogen and oxygen atoms in total. The summed E-state index contributed by atoms with van der Waals surface area (Å²) in [5, 5.41) is 13.1. The highest BCUT2D eigenvalue weighted by Crippen LogP contribution is 2.36. The van der Waals surface area contributed by atoms with E-state index in [4.69, 9.17) is 4.74 Å². The number of allylic oxidation sites excluding steroid dienone is 1. The van der Waals surface area contributed by atoms with Crippen molar-refractivity contribution in [3.05, 3.63) is 64.6 Å². The van der Waals surface area contributed by atoms with Crippen molar-refractivity contribution in [2.24, 2.45) is 5.41 Å². The van der Waals surface area contributed by atoms with E-state index in [9.17, 15) is 23.1 Å². The average Bonchev–Trinajstić information content (AvgIpc) is 2.96. The zero-order valence-electron chi connectivity index (χ0n) is 18.1. The van der Waals surface area contributed by atoms with Gasteiger partial charge in [-0.3, -0.25) is 9.59 Å². The van der Waals surface area contributed by atoms with E-state index in [0.717, 1.165) is 28.9 Å². The van der Waals surface area contributed by atoms with E-state index in [1.807, 2.05) is 38.1 Å². The first kappa shape index (κ1) is 24.6. The van der Waals surface area contributed by atoms with Crippen LogP contribution in [-0.2, 0) is 25.8 Å². The van der Waals surface area contributed by atoms with Gasteiger partial charge in [0.25, 0.3) is 0 Å². The monoisotopic (exact) mass is 447 g/mol. The van der Waals surface area contributed by atoms with Gasteiger partial charge in [-0.1, -0.05) is 26.0 Å². The Morgan fingerprint density at radius 1 is 1.26 bits per heavy atom. The van der Waals surface area contributed by atoms with Crippen LogP contribution in [0, 0.1) is 5.41 Å². The number of ketones is 1. The van der Waals surface area contributed by atoms with Gasteiger partial charge in [0.15, 0.2) is 15.6 Å². The van der Waals surface area contributed by atoms with Gasteiger partial charge in [-0.2, -0.15) is 0 Å². The first-order chi connectivity index (χ1) is 14.5.